The third kappa shape index (κ3) is 3.26. The Balaban J connectivity index is 2.28. The zero-order valence-corrected chi connectivity index (χ0v) is 7.48. The van der Waals surface area contributed by atoms with Crippen molar-refractivity contribution in [2.75, 3.05) is 13.2 Å². The van der Waals surface area contributed by atoms with Crippen molar-refractivity contribution in [2.45, 2.75) is 31.7 Å². The van der Waals surface area contributed by atoms with Crippen molar-refractivity contribution >= 4 is 5.97 Å². The maximum absolute atomic E-state index is 12.9. The van der Waals surface area contributed by atoms with Gasteiger partial charge in [0.2, 0.25) is 0 Å². The highest BCUT2D eigenvalue weighted by Gasteiger charge is 2.41. The maximum atomic E-state index is 12.9. The van der Waals surface area contributed by atoms with Gasteiger partial charge in [-0.1, -0.05) is 0 Å². The van der Waals surface area contributed by atoms with Crippen molar-refractivity contribution in [3.8, 4) is 0 Å². The molecule has 1 N–H and O–H groups in total. The summed E-state index contributed by atoms with van der Waals surface area (Å²) < 4.78 is 29.9. The van der Waals surface area contributed by atoms with Gasteiger partial charge in [0.05, 0.1) is 13.2 Å². The number of ether oxygens (including phenoxy) is 1. The van der Waals surface area contributed by atoms with Crippen LogP contribution in [0.1, 0.15) is 19.8 Å². The molecule has 0 aromatic rings. The summed E-state index contributed by atoms with van der Waals surface area (Å²) in [4.78, 5) is 10.7. The van der Waals surface area contributed by atoms with Gasteiger partial charge < -0.3 is 10.1 Å². The van der Waals surface area contributed by atoms with E-state index in [0.717, 1.165) is 12.8 Å². The molecule has 0 unspecified atom stereocenters. The molecular weight excluding hydrogens is 180 g/mol. The molecule has 0 amide bonds. The fourth-order valence-electron chi connectivity index (χ4n) is 0.869. The molecule has 1 aliphatic rings. The van der Waals surface area contributed by atoms with Crippen LogP contribution in [-0.2, 0) is 9.53 Å². The highest BCUT2D eigenvalue weighted by Crippen LogP contribution is 2.21. The highest BCUT2D eigenvalue weighted by atomic mass is 19.3. The lowest BCUT2D eigenvalue weighted by molar-refractivity contribution is -0.170. The van der Waals surface area contributed by atoms with Gasteiger partial charge in [-0.2, -0.15) is 8.78 Å². The largest absolute Gasteiger partial charge is 0.462 e. The van der Waals surface area contributed by atoms with Gasteiger partial charge in [0.25, 0.3) is 0 Å². The molecular formula is C8H13F2NO2. The Labute approximate surface area is 75.4 Å². The second kappa shape index (κ2) is 4.00. The van der Waals surface area contributed by atoms with Crippen LogP contribution in [0.5, 0.6) is 0 Å². The van der Waals surface area contributed by atoms with E-state index in [1.54, 1.807) is 0 Å². The first kappa shape index (κ1) is 10.4. The molecule has 0 aromatic heterocycles. The van der Waals surface area contributed by atoms with Crippen molar-refractivity contribution in [3.63, 3.8) is 0 Å². The minimum atomic E-state index is -3.39. The molecule has 0 atom stereocenters. The van der Waals surface area contributed by atoms with Crippen molar-refractivity contribution in [1.82, 2.24) is 5.32 Å². The van der Waals surface area contributed by atoms with Gasteiger partial charge in [0, 0.05) is 6.04 Å². The Bertz CT molecular complexity index is 193. The fraction of sp³-hybridized carbons (Fsp3) is 0.875. The van der Waals surface area contributed by atoms with E-state index in [2.05, 4.69) is 10.1 Å². The molecule has 13 heavy (non-hydrogen) atoms. The quantitative estimate of drug-likeness (QED) is 0.660. The normalized spacial score (nSPS) is 17.2. The van der Waals surface area contributed by atoms with Crippen LogP contribution in [0.2, 0.25) is 0 Å². The molecule has 76 valence electrons. The van der Waals surface area contributed by atoms with E-state index in [9.17, 15) is 13.6 Å². The SMILES string of the molecule is CCOC(=O)C(F)(F)CNC1CC1. The van der Waals surface area contributed by atoms with Gasteiger partial charge in [0.1, 0.15) is 0 Å². The third-order valence-electron chi connectivity index (χ3n) is 1.76. The Hall–Kier alpha value is -0.710. The molecule has 0 saturated heterocycles. The molecule has 0 aliphatic heterocycles. The van der Waals surface area contributed by atoms with E-state index >= 15 is 0 Å². The Morgan fingerprint density at radius 2 is 2.23 bits per heavy atom. The molecule has 0 heterocycles. The van der Waals surface area contributed by atoms with Gasteiger partial charge in [-0.25, -0.2) is 4.79 Å². The van der Waals surface area contributed by atoms with Crippen LogP contribution < -0.4 is 5.32 Å². The minimum absolute atomic E-state index is 0.0160. The predicted molar refractivity (Wildman–Crippen MR) is 42.6 cm³/mol. The Morgan fingerprint density at radius 1 is 1.62 bits per heavy atom. The topological polar surface area (TPSA) is 38.3 Å². The van der Waals surface area contributed by atoms with Crippen LogP contribution >= 0.6 is 0 Å². The summed E-state index contributed by atoms with van der Waals surface area (Å²) in [6.45, 7) is 0.872. The number of hydrogen-bond acceptors (Lipinski definition) is 3. The van der Waals surface area contributed by atoms with E-state index in [-0.39, 0.29) is 12.6 Å². The number of rotatable bonds is 5. The monoisotopic (exact) mass is 193 g/mol. The number of carbonyl (C=O) groups excluding carboxylic acids is 1. The summed E-state index contributed by atoms with van der Waals surface area (Å²) in [5, 5.41) is 2.59. The van der Waals surface area contributed by atoms with Gasteiger partial charge in [0.15, 0.2) is 0 Å². The van der Waals surface area contributed by atoms with Gasteiger partial charge in [-0.05, 0) is 19.8 Å². The second-order valence-electron chi connectivity index (χ2n) is 3.08. The zero-order valence-electron chi connectivity index (χ0n) is 7.48. The molecule has 1 aliphatic carbocycles. The summed E-state index contributed by atoms with van der Waals surface area (Å²) in [5.41, 5.74) is 0. The van der Waals surface area contributed by atoms with Crippen LogP contribution in [0.25, 0.3) is 0 Å². The third-order valence-corrected chi connectivity index (χ3v) is 1.76. The van der Waals surface area contributed by atoms with Crippen LogP contribution in [0.15, 0.2) is 0 Å². The summed E-state index contributed by atoms with van der Waals surface area (Å²) in [5.74, 6) is -4.83. The summed E-state index contributed by atoms with van der Waals surface area (Å²) >= 11 is 0. The second-order valence-corrected chi connectivity index (χ2v) is 3.08. The van der Waals surface area contributed by atoms with Crippen molar-refractivity contribution in [3.05, 3.63) is 0 Å². The van der Waals surface area contributed by atoms with Gasteiger partial charge in [-0.3, -0.25) is 0 Å². The first-order valence-corrected chi connectivity index (χ1v) is 4.34. The predicted octanol–water partition coefficient (Wildman–Crippen LogP) is 0.937. The number of carbonyl (C=O) groups is 1. The van der Waals surface area contributed by atoms with Crippen molar-refractivity contribution in [2.24, 2.45) is 0 Å². The lowest BCUT2D eigenvalue weighted by Crippen LogP contribution is -2.41. The summed E-state index contributed by atoms with van der Waals surface area (Å²) in [6, 6.07) is 0.167. The Morgan fingerprint density at radius 3 is 2.69 bits per heavy atom. The van der Waals surface area contributed by atoms with Crippen LogP contribution in [-0.4, -0.2) is 31.1 Å². The molecule has 0 radical (unpaired) electrons. The summed E-state index contributed by atoms with van der Waals surface area (Å²) in [6.07, 6.45) is 1.83. The van der Waals surface area contributed by atoms with Crippen molar-refractivity contribution < 1.29 is 18.3 Å². The van der Waals surface area contributed by atoms with E-state index in [1.165, 1.54) is 6.92 Å². The smallest absolute Gasteiger partial charge is 0.378 e. The lowest BCUT2D eigenvalue weighted by atomic mass is 10.3. The summed E-state index contributed by atoms with van der Waals surface area (Å²) in [7, 11) is 0. The maximum Gasteiger partial charge on any atom is 0.378 e. The van der Waals surface area contributed by atoms with Crippen molar-refractivity contribution in [1.29, 1.82) is 0 Å². The number of esters is 1. The van der Waals surface area contributed by atoms with Gasteiger partial charge >= 0.3 is 11.9 Å². The van der Waals surface area contributed by atoms with E-state index in [4.69, 9.17) is 0 Å². The molecule has 3 nitrogen and oxygen atoms in total. The average Bonchev–Trinajstić information content (AvgIpc) is 2.84. The molecule has 5 heteroatoms. The number of alkyl halides is 2. The van der Waals surface area contributed by atoms with E-state index in [1.807, 2.05) is 0 Å². The van der Waals surface area contributed by atoms with Gasteiger partial charge in [-0.15, -0.1) is 0 Å². The standard InChI is InChI=1S/C8H13F2NO2/c1-2-13-7(12)8(9,10)5-11-6-3-4-6/h6,11H,2-5H2,1H3. The van der Waals surface area contributed by atoms with Crippen LogP contribution in [0.4, 0.5) is 8.78 Å². The highest BCUT2D eigenvalue weighted by molar-refractivity contribution is 5.77. The van der Waals surface area contributed by atoms with Crippen LogP contribution in [0.3, 0.4) is 0 Å². The number of nitrogens with one attached hydrogen (secondary N) is 1. The molecule has 1 fully saturated rings. The first-order valence-electron chi connectivity index (χ1n) is 4.34. The lowest BCUT2D eigenvalue weighted by Gasteiger charge is -2.14. The zero-order chi connectivity index (χ0) is 9.90. The van der Waals surface area contributed by atoms with Crippen LogP contribution in [0, 0.1) is 0 Å². The first-order chi connectivity index (χ1) is 6.06. The minimum Gasteiger partial charge on any atom is -0.462 e. The molecule has 1 rings (SSSR count). The average molecular weight is 193 g/mol. The number of hydrogen-bond donors (Lipinski definition) is 1. The Kier molecular flexibility index (Phi) is 3.19. The molecule has 0 bridgehead atoms. The number of halogens is 2. The van der Waals surface area contributed by atoms with E-state index < -0.39 is 18.4 Å². The molecule has 1 saturated carbocycles. The molecule has 0 spiro atoms. The van der Waals surface area contributed by atoms with E-state index in [0.29, 0.717) is 0 Å². The molecule has 0 aromatic carbocycles. The fourth-order valence-corrected chi connectivity index (χ4v) is 0.869.